The van der Waals surface area contributed by atoms with E-state index in [1.165, 1.54) is 17.0 Å². The minimum Gasteiger partial charge on any atom is -0.508 e. The number of carbonyl (C=O) groups is 11. The summed E-state index contributed by atoms with van der Waals surface area (Å²) >= 11 is 0. The van der Waals surface area contributed by atoms with Gasteiger partial charge in [0.15, 0.2) is 11.9 Å². The van der Waals surface area contributed by atoms with Crippen molar-refractivity contribution in [2.24, 2.45) is 50.7 Å². The fourth-order valence-corrected chi connectivity index (χ4v) is 10.7. The monoisotopic (exact) mass is 1370 g/mol. The van der Waals surface area contributed by atoms with Crippen LogP contribution in [0, 0.1) is 17.8 Å². The minimum atomic E-state index is -1.34. The van der Waals surface area contributed by atoms with Crippen LogP contribution < -0.4 is 54.8 Å². The number of aliphatic carboxylic acids is 4. The second-order valence-corrected chi connectivity index (χ2v) is 23.8. The molecule has 0 saturated carbocycles. The minimum absolute atomic E-state index is 0. The zero-order chi connectivity index (χ0) is 68.5. The van der Waals surface area contributed by atoms with Gasteiger partial charge in [-0.3, -0.25) is 82.3 Å². The molecule has 2 aliphatic heterocycles. The number of amides is 7. The first-order valence-corrected chi connectivity index (χ1v) is 31.2. The largest absolute Gasteiger partial charge is 3.00 e. The number of guanidine groups is 2. The number of carbonyl (C=O) groups excluding carboxylic acids is 7. The molecule has 19 N–H and O–H groups in total. The standard InChI is InChI=1S/C59H99N17O16.Ga/c1-5-38(4)52(56(91)68-41(29-37(2)3)31-48(80)81)71-54(89)44(30-39-12-14-42(77)15-13-39)70-55(90)45-11-8-20-76(45)57(92)43(10-7-18-66-59(62)63)69-53(88)40(9-6-17-65-58(60)61)32-67-46(78)16-19-64-47(79)33-72-21-23-73(34-49(82)83)25-27-75(36-51(86)87)28-26-74(24-22-72)35-50(84)85;/h12-15,37-38,40-41,43-45,52,77H,5-11,16-36H2,1-4H3,(H,64,79)(H,67,78)(H,68,91)(H,69,88)(H,70,90)(H,71,89)(H,80,81)(H,82,83)(H,84,85)(H,86,87)(H4,60,61,65)(H4,62,63,66);/q;+3/t38-,40+,41-,43-,44-,45-,52-;/m0./s1/i;1-2. The summed E-state index contributed by atoms with van der Waals surface area (Å²) in [7, 11) is 0. The van der Waals surface area contributed by atoms with Crippen LogP contribution in [0.3, 0.4) is 0 Å². The normalized spacial score (nSPS) is 17.2. The number of phenols is 1. The van der Waals surface area contributed by atoms with Gasteiger partial charge in [0.2, 0.25) is 41.4 Å². The van der Waals surface area contributed by atoms with Crippen LogP contribution in [0.2, 0.25) is 0 Å². The fraction of sp³-hybridized carbons (Fsp3) is 0.678. The molecule has 0 spiro atoms. The van der Waals surface area contributed by atoms with E-state index in [0.29, 0.717) is 24.8 Å². The van der Waals surface area contributed by atoms with E-state index >= 15 is 0 Å². The molecule has 0 bridgehead atoms. The number of carboxylic acids is 4. The third-order valence-electron chi connectivity index (χ3n) is 15.7. The zero-order valence-electron chi connectivity index (χ0n) is 54.0. The van der Waals surface area contributed by atoms with Crippen LogP contribution >= 0.6 is 0 Å². The molecule has 516 valence electrons. The quantitative estimate of drug-likeness (QED) is 0.0129. The SMILES string of the molecule is CC[C@H](C)[C@H](NC(=O)[C@H](Cc1ccc(O)cc1)NC(=O)[C@@H]1CCCN1C(=O)[C@H](CCCN=C(N)N)NC(=O)[C@H](CCCN=C(N)N)CNC(=O)CCNC(=O)CN1CCN(CC(=O)O)CCN(CC(=O)O)CCN(CC(=O)O)CC1)C(=O)N[C@H](CC(=O)O)CC(C)C.[68Ga+3]. The van der Waals surface area contributed by atoms with Gasteiger partial charge in [0.05, 0.1) is 38.5 Å². The van der Waals surface area contributed by atoms with Crippen molar-refractivity contribution in [3.05, 3.63) is 29.8 Å². The van der Waals surface area contributed by atoms with Gasteiger partial charge in [-0.2, -0.15) is 0 Å². The van der Waals surface area contributed by atoms with Crippen LogP contribution in [0.15, 0.2) is 34.3 Å². The Morgan fingerprint density at radius 2 is 1.12 bits per heavy atom. The molecule has 34 heteroatoms. The number of hydrogen-bond donors (Lipinski definition) is 15. The Hall–Kier alpha value is -7.79. The van der Waals surface area contributed by atoms with E-state index in [1.54, 1.807) is 38.7 Å². The number of nitrogens with one attached hydrogen (secondary N) is 6. The zero-order valence-corrected chi connectivity index (χ0v) is 56.4. The first kappa shape index (κ1) is 81.3. The molecule has 1 aromatic rings. The molecule has 1 aromatic carbocycles. The van der Waals surface area contributed by atoms with E-state index in [4.69, 9.17) is 22.9 Å². The summed E-state index contributed by atoms with van der Waals surface area (Å²) < 4.78 is 0. The predicted molar refractivity (Wildman–Crippen MR) is 344 cm³/mol. The number of aromatic hydroxyl groups is 1. The van der Waals surface area contributed by atoms with Gasteiger partial charge >= 0.3 is 43.7 Å². The summed E-state index contributed by atoms with van der Waals surface area (Å²) in [6.45, 7) is 7.51. The van der Waals surface area contributed by atoms with Crippen LogP contribution in [-0.4, -0.2) is 288 Å². The summed E-state index contributed by atoms with van der Waals surface area (Å²) in [5.41, 5.74) is 22.8. The molecule has 7 atom stereocenters. The molecule has 0 unspecified atom stereocenters. The van der Waals surface area contributed by atoms with Gasteiger partial charge < -0.3 is 85.3 Å². The van der Waals surface area contributed by atoms with Crippen LogP contribution in [0.25, 0.3) is 0 Å². The average Bonchev–Trinajstić information content (AvgIpc) is 1.81. The van der Waals surface area contributed by atoms with E-state index in [0.717, 1.165) is 0 Å². The Morgan fingerprint density at radius 1 is 0.602 bits per heavy atom. The number of benzene rings is 1. The molecule has 7 amide bonds. The van der Waals surface area contributed by atoms with Gasteiger partial charge in [-0.15, -0.1) is 0 Å². The van der Waals surface area contributed by atoms with Crippen molar-refractivity contribution in [3.8, 4) is 5.75 Å². The van der Waals surface area contributed by atoms with Gasteiger partial charge in [0.1, 0.15) is 29.9 Å². The molecule has 2 aliphatic rings. The molecule has 33 nitrogen and oxygen atoms in total. The molecule has 93 heavy (non-hydrogen) atoms. The third kappa shape index (κ3) is 33.1. The predicted octanol–water partition coefficient (Wildman–Crippen LogP) is -4.13. The van der Waals surface area contributed by atoms with Crippen molar-refractivity contribution in [1.82, 2.24) is 56.4 Å². The van der Waals surface area contributed by atoms with Crippen molar-refractivity contribution in [1.29, 1.82) is 0 Å². The van der Waals surface area contributed by atoms with Crippen molar-refractivity contribution in [2.75, 3.05) is 111 Å². The molecule has 2 saturated heterocycles. The van der Waals surface area contributed by atoms with Crippen LogP contribution in [0.4, 0.5) is 0 Å². The van der Waals surface area contributed by atoms with Crippen molar-refractivity contribution >= 4 is 96.9 Å². The molecule has 0 aromatic heterocycles. The first-order valence-electron chi connectivity index (χ1n) is 31.2. The molecular formula is C59H99GaN17O16+3. The summed E-state index contributed by atoms with van der Waals surface area (Å²) in [6.07, 6.45) is 1.15. The summed E-state index contributed by atoms with van der Waals surface area (Å²) in [5, 5.41) is 64.9. The Bertz CT molecular complexity index is 2640. The van der Waals surface area contributed by atoms with Crippen LogP contribution in [0.5, 0.6) is 5.75 Å². The van der Waals surface area contributed by atoms with Crippen molar-refractivity contribution < 1.29 is 78.3 Å². The molecule has 0 radical (unpaired) electrons. The topological polar surface area (TPSA) is 506 Å². The number of nitrogens with two attached hydrogens (primary N) is 4. The van der Waals surface area contributed by atoms with Crippen LogP contribution in [-0.2, 0) is 59.2 Å². The maximum atomic E-state index is 14.8. The van der Waals surface area contributed by atoms with E-state index < -0.39 is 107 Å². The van der Waals surface area contributed by atoms with E-state index in [1.807, 2.05) is 20.8 Å². The number of nitrogens with zero attached hydrogens (tertiary/aromatic N) is 7. The molecule has 2 fully saturated rings. The maximum absolute atomic E-state index is 14.8. The average molecular weight is 1370 g/mol. The second-order valence-electron chi connectivity index (χ2n) is 23.8. The van der Waals surface area contributed by atoms with Gasteiger partial charge in [0, 0.05) is 104 Å². The summed E-state index contributed by atoms with van der Waals surface area (Å²) in [6, 6.07) is 0.294. The summed E-state index contributed by atoms with van der Waals surface area (Å²) in [5.74, 6) is -10.7. The molecule has 2 heterocycles. The number of phenolic OH excluding ortho intramolecular Hbond substituents is 1. The first-order chi connectivity index (χ1) is 43.5. The maximum Gasteiger partial charge on any atom is 3.00 e. The number of carboxylic acid groups (broad SMARTS) is 4. The number of hydrogen-bond acceptors (Lipinski definition) is 18. The molecule has 3 rings (SSSR count). The number of rotatable bonds is 38. The Balaban J connectivity index is 0.0000295. The number of aliphatic imine (C=N–C) groups is 2. The third-order valence-corrected chi connectivity index (χ3v) is 15.7. The van der Waals surface area contributed by atoms with E-state index in [2.05, 4.69) is 41.9 Å². The smallest absolute Gasteiger partial charge is 0.508 e. The van der Waals surface area contributed by atoms with Crippen molar-refractivity contribution in [2.45, 2.75) is 129 Å². The van der Waals surface area contributed by atoms with Gasteiger partial charge in [-0.05, 0) is 74.5 Å². The Kier molecular flexibility index (Phi) is 37.7. The molecule has 0 aliphatic carbocycles. The van der Waals surface area contributed by atoms with Gasteiger partial charge in [-0.1, -0.05) is 46.2 Å². The van der Waals surface area contributed by atoms with Crippen LogP contribution in [0.1, 0.15) is 97.5 Å². The van der Waals surface area contributed by atoms with Gasteiger partial charge in [-0.25, -0.2) is 0 Å². The van der Waals surface area contributed by atoms with E-state index in [-0.39, 0.29) is 206 Å². The molecular weight excluding hydrogens is 1270 g/mol. The second kappa shape index (κ2) is 43.2. The number of likely N-dealkylation sites (tertiary alicyclic amines) is 1. The van der Waals surface area contributed by atoms with Gasteiger partial charge in [0.25, 0.3) is 0 Å². The van der Waals surface area contributed by atoms with Crippen molar-refractivity contribution in [3.63, 3.8) is 0 Å². The fourth-order valence-electron chi connectivity index (χ4n) is 10.7. The van der Waals surface area contributed by atoms with E-state index in [9.17, 15) is 78.3 Å². The Morgan fingerprint density at radius 3 is 1.60 bits per heavy atom. The summed E-state index contributed by atoms with van der Waals surface area (Å²) in [4.78, 5) is 162. The Labute approximate surface area is 555 Å².